The molecular formula is C29H37ClN2O6. The number of anilines is 1. The number of rotatable bonds is 11. The molecule has 6 atom stereocenters. The number of aliphatic hydroxyl groups is 1. The topological polar surface area (TPSA) is 96.4 Å². The van der Waals surface area contributed by atoms with Crippen LogP contribution in [0.15, 0.2) is 43.5 Å². The van der Waals surface area contributed by atoms with Gasteiger partial charge in [0.05, 0.1) is 41.5 Å². The van der Waals surface area contributed by atoms with E-state index < -0.39 is 41.1 Å². The number of amides is 2. The van der Waals surface area contributed by atoms with Crippen molar-refractivity contribution in [2.75, 3.05) is 24.7 Å². The first kappa shape index (κ1) is 28.3. The number of benzene rings is 1. The maximum Gasteiger partial charge on any atom is 0.312 e. The molecule has 3 heterocycles. The van der Waals surface area contributed by atoms with Gasteiger partial charge in [0.25, 0.3) is 5.91 Å². The lowest BCUT2D eigenvalue weighted by Gasteiger charge is -2.39. The monoisotopic (exact) mass is 544 g/mol. The summed E-state index contributed by atoms with van der Waals surface area (Å²) < 4.78 is 12.2. The quantitative estimate of drug-likeness (QED) is 0.258. The number of halogens is 1. The maximum absolute atomic E-state index is 14.5. The van der Waals surface area contributed by atoms with Crippen LogP contribution in [-0.2, 0) is 23.9 Å². The highest BCUT2D eigenvalue weighted by molar-refractivity contribution is 6.34. The van der Waals surface area contributed by atoms with Crippen molar-refractivity contribution in [2.45, 2.75) is 69.7 Å². The number of likely N-dealkylation sites (tertiary alicyclic amines) is 1. The van der Waals surface area contributed by atoms with E-state index in [1.54, 1.807) is 31.2 Å². The van der Waals surface area contributed by atoms with Gasteiger partial charge < -0.3 is 24.4 Å². The van der Waals surface area contributed by atoms with Gasteiger partial charge in [0, 0.05) is 6.54 Å². The molecule has 0 aromatic heterocycles. The Bertz CT molecular complexity index is 1120. The van der Waals surface area contributed by atoms with E-state index in [0.29, 0.717) is 36.4 Å². The SMILES string of the molecule is C=CCCCOC(=O)[C@@H]1[C@H]2C(=O)N([C@H](C)CO)C(C(=O)N(CC=C)c3c(C)cccc3Cl)C23CC[C@@]1(C)O3. The van der Waals surface area contributed by atoms with Gasteiger partial charge in [0.15, 0.2) is 0 Å². The Kier molecular flexibility index (Phi) is 8.07. The minimum Gasteiger partial charge on any atom is -0.465 e. The predicted molar refractivity (Wildman–Crippen MR) is 145 cm³/mol. The summed E-state index contributed by atoms with van der Waals surface area (Å²) in [6.45, 7) is 12.9. The number of hydrogen-bond donors (Lipinski definition) is 1. The third-order valence-corrected chi connectivity index (χ3v) is 8.58. The number of carbonyl (C=O) groups excluding carboxylic acids is 3. The Morgan fingerprint density at radius 3 is 2.71 bits per heavy atom. The van der Waals surface area contributed by atoms with E-state index in [2.05, 4.69) is 13.2 Å². The fraction of sp³-hybridized carbons (Fsp3) is 0.552. The van der Waals surface area contributed by atoms with Crippen LogP contribution in [-0.4, -0.2) is 70.8 Å². The number of carbonyl (C=O) groups is 3. The van der Waals surface area contributed by atoms with Gasteiger partial charge in [-0.15, -0.1) is 13.2 Å². The Hall–Kier alpha value is -2.68. The van der Waals surface area contributed by atoms with Crippen molar-refractivity contribution in [1.82, 2.24) is 4.90 Å². The van der Waals surface area contributed by atoms with Crippen LogP contribution in [0.2, 0.25) is 5.02 Å². The van der Waals surface area contributed by atoms with Crippen LogP contribution >= 0.6 is 11.6 Å². The molecule has 3 saturated heterocycles. The lowest BCUT2D eigenvalue weighted by Crippen LogP contribution is -2.58. The third-order valence-electron chi connectivity index (χ3n) is 8.27. The third kappa shape index (κ3) is 4.36. The van der Waals surface area contributed by atoms with E-state index in [9.17, 15) is 19.5 Å². The lowest BCUT2D eigenvalue weighted by molar-refractivity contribution is -0.160. The summed E-state index contributed by atoms with van der Waals surface area (Å²) in [6, 6.07) is 3.64. The summed E-state index contributed by atoms with van der Waals surface area (Å²) in [5, 5.41) is 10.5. The zero-order chi connectivity index (χ0) is 27.8. The molecule has 3 aliphatic heterocycles. The van der Waals surface area contributed by atoms with Crippen molar-refractivity contribution in [3.63, 3.8) is 0 Å². The Morgan fingerprint density at radius 2 is 2.08 bits per heavy atom. The molecule has 3 fully saturated rings. The standard InChI is InChI=1S/C29H37ClN2O6/c1-6-8-9-16-37-27(36)22-21-25(34)32(19(4)17-33)24(29(21)14-13-28(22,5)38-29)26(35)31(15-7-2)23-18(3)11-10-12-20(23)30/h6-7,10-12,19,21-22,24,33H,1-2,8-9,13-17H2,3-5H3/t19-,21+,22+,24?,28-,29?/m1/s1. The van der Waals surface area contributed by atoms with Crippen LogP contribution in [0.25, 0.3) is 0 Å². The van der Waals surface area contributed by atoms with Crippen LogP contribution in [0.4, 0.5) is 5.69 Å². The molecule has 3 aliphatic rings. The van der Waals surface area contributed by atoms with Crippen molar-refractivity contribution < 1.29 is 29.0 Å². The van der Waals surface area contributed by atoms with Crippen LogP contribution < -0.4 is 4.90 Å². The van der Waals surface area contributed by atoms with Crippen LogP contribution in [0.3, 0.4) is 0 Å². The van der Waals surface area contributed by atoms with E-state index in [-0.39, 0.29) is 31.6 Å². The summed E-state index contributed by atoms with van der Waals surface area (Å²) >= 11 is 6.56. The highest BCUT2D eigenvalue weighted by atomic mass is 35.5. The van der Waals surface area contributed by atoms with Crippen LogP contribution in [0.1, 0.15) is 45.1 Å². The van der Waals surface area contributed by atoms with Crippen molar-refractivity contribution in [2.24, 2.45) is 11.8 Å². The normalized spacial score (nSPS) is 30.2. The molecule has 2 bridgehead atoms. The first-order valence-electron chi connectivity index (χ1n) is 13.2. The molecule has 0 aliphatic carbocycles. The van der Waals surface area contributed by atoms with Gasteiger partial charge in [-0.2, -0.15) is 0 Å². The molecule has 206 valence electrons. The van der Waals surface area contributed by atoms with E-state index in [1.165, 1.54) is 9.80 Å². The summed E-state index contributed by atoms with van der Waals surface area (Å²) in [7, 11) is 0. The second-order valence-electron chi connectivity index (χ2n) is 10.7. The molecule has 8 nitrogen and oxygen atoms in total. The summed E-state index contributed by atoms with van der Waals surface area (Å²) in [5.41, 5.74) is -0.851. The van der Waals surface area contributed by atoms with Gasteiger partial charge in [0.1, 0.15) is 17.6 Å². The molecule has 0 saturated carbocycles. The van der Waals surface area contributed by atoms with Gasteiger partial charge in [-0.1, -0.05) is 35.9 Å². The lowest BCUT2D eigenvalue weighted by atomic mass is 9.66. The fourth-order valence-electron chi connectivity index (χ4n) is 6.59. The number of hydrogen-bond acceptors (Lipinski definition) is 6. The molecular weight excluding hydrogens is 508 g/mol. The smallest absolute Gasteiger partial charge is 0.312 e. The average Bonchev–Trinajstić information content (AvgIpc) is 3.45. The van der Waals surface area contributed by atoms with E-state index in [0.717, 1.165) is 5.56 Å². The number of unbranched alkanes of at least 4 members (excludes halogenated alkanes) is 1. The van der Waals surface area contributed by atoms with E-state index in [4.69, 9.17) is 21.1 Å². The molecule has 4 rings (SSSR count). The van der Waals surface area contributed by atoms with Crippen molar-refractivity contribution in [3.8, 4) is 0 Å². The predicted octanol–water partition coefficient (Wildman–Crippen LogP) is 3.82. The van der Waals surface area contributed by atoms with Crippen LogP contribution in [0.5, 0.6) is 0 Å². The van der Waals surface area contributed by atoms with Crippen LogP contribution in [0, 0.1) is 18.8 Å². The van der Waals surface area contributed by atoms with Crippen molar-refractivity contribution >= 4 is 35.1 Å². The van der Waals surface area contributed by atoms with Gasteiger partial charge in [-0.05, 0) is 58.1 Å². The molecule has 9 heteroatoms. The minimum absolute atomic E-state index is 0.155. The first-order chi connectivity index (χ1) is 18.1. The summed E-state index contributed by atoms with van der Waals surface area (Å²) in [4.78, 5) is 44.9. The largest absolute Gasteiger partial charge is 0.465 e. The number of para-hydroxylation sites is 1. The molecule has 2 unspecified atom stereocenters. The molecule has 1 aromatic rings. The highest BCUT2D eigenvalue weighted by Gasteiger charge is 2.79. The van der Waals surface area contributed by atoms with Gasteiger partial charge in [-0.25, -0.2) is 0 Å². The number of nitrogens with zero attached hydrogens (tertiary/aromatic N) is 2. The number of aliphatic hydroxyl groups excluding tert-OH is 1. The molecule has 1 aromatic carbocycles. The number of fused-ring (bicyclic) bond motifs is 1. The molecule has 0 radical (unpaired) electrons. The zero-order valence-electron chi connectivity index (χ0n) is 22.3. The molecule has 1 spiro atoms. The highest BCUT2D eigenvalue weighted by Crippen LogP contribution is 2.63. The Morgan fingerprint density at radius 1 is 1.34 bits per heavy atom. The van der Waals surface area contributed by atoms with E-state index in [1.807, 2.05) is 19.9 Å². The van der Waals surface area contributed by atoms with Gasteiger partial charge in [0.2, 0.25) is 5.91 Å². The van der Waals surface area contributed by atoms with Crippen molar-refractivity contribution in [3.05, 3.63) is 54.1 Å². The van der Waals surface area contributed by atoms with Crippen molar-refractivity contribution in [1.29, 1.82) is 0 Å². The first-order valence-corrected chi connectivity index (χ1v) is 13.5. The number of aryl methyl sites for hydroxylation is 1. The Labute approximate surface area is 229 Å². The second-order valence-corrected chi connectivity index (χ2v) is 11.2. The van der Waals surface area contributed by atoms with Gasteiger partial charge in [-0.3, -0.25) is 14.4 Å². The zero-order valence-corrected chi connectivity index (χ0v) is 23.1. The summed E-state index contributed by atoms with van der Waals surface area (Å²) in [6.07, 6.45) is 5.62. The molecule has 1 N–H and O–H groups in total. The number of ether oxygens (including phenoxy) is 2. The van der Waals surface area contributed by atoms with Gasteiger partial charge >= 0.3 is 5.97 Å². The fourth-order valence-corrected chi connectivity index (χ4v) is 6.91. The maximum atomic E-state index is 14.5. The molecule has 38 heavy (non-hydrogen) atoms. The van der Waals surface area contributed by atoms with E-state index >= 15 is 0 Å². The summed E-state index contributed by atoms with van der Waals surface area (Å²) in [5.74, 6) is -3.01. The average molecular weight is 545 g/mol. The Balaban J connectivity index is 1.78. The minimum atomic E-state index is -1.23. The molecule has 2 amide bonds. The second kappa shape index (κ2) is 10.8. The number of allylic oxidation sites excluding steroid dienone is 1. The number of esters is 1.